The summed E-state index contributed by atoms with van der Waals surface area (Å²) in [4.78, 5) is 12.4. The highest BCUT2D eigenvalue weighted by Crippen LogP contribution is 2.21. The second-order valence-electron chi connectivity index (χ2n) is 4.59. The molecule has 0 atom stereocenters. The summed E-state index contributed by atoms with van der Waals surface area (Å²) < 4.78 is 32.8. The number of nitrogens with two attached hydrogens (primary N) is 2. The number of hydrogen-bond acceptors (Lipinski definition) is 8. The lowest BCUT2D eigenvalue weighted by molar-refractivity contribution is 0.385. The van der Waals surface area contributed by atoms with Crippen LogP contribution in [0.4, 0.5) is 5.13 Å². The third kappa shape index (κ3) is 5.47. The third-order valence-electron chi connectivity index (χ3n) is 2.77. The van der Waals surface area contributed by atoms with Gasteiger partial charge in [0.15, 0.2) is 5.96 Å². The molecule has 0 bridgehead atoms. The van der Waals surface area contributed by atoms with Crippen molar-refractivity contribution in [1.29, 1.82) is 0 Å². The van der Waals surface area contributed by atoms with Crippen molar-refractivity contribution >= 4 is 56.4 Å². The van der Waals surface area contributed by atoms with Crippen LogP contribution in [0.3, 0.4) is 0 Å². The normalized spacial score (nSPS) is 17.8. The summed E-state index contributed by atoms with van der Waals surface area (Å²) in [5, 5.41) is 5.10. The minimum Gasteiger partial charge on any atom is -0.468 e. The van der Waals surface area contributed by atoms with Crippen LogP contribution in [0.15, 0.2) is 19.8 Å². The first-order valence-electron chi connectivity index (χ1n) is 6.88. The predicted molar refractivity (Wildman–Crippen MR) is 100 cm³/mol. The van der Waals surface area contributed by atoms with Crippen molar-refractivity contribution in [3.8, 4) is 0 Å². The Balaban J connectivity index is 1.84. The number of thioether (sulfide) groups is 1. The Labute approximate surface area is 153 Å². The van der Waals surface area contributed by atoms with E-state index in [0.717, 1.165) is 10.00 Å². The van der Waals surface area contributed by atoms with E-state index in [1.807, 2.05) is 5.38 Å². The second kappa shape index (κ2) is 8.35. The minimum atomic E-state index is -3.81. The van der Waals surface area contributed by atoms with Crippen LogP contribution in [0.5, 0.6) is 0 Å². The first-order valence-corrected chi connectivity index (χ1v) is 10.3. The second-order valence-corrected chi connectivity index (χ2v) is 8.15. The van der Waals surface area contributed by atoms with Gasteiger partial charge in [0.25, 0.3) is 0 Å². The van der Waals surface area contributed by atoms with Gasteiger partial charge >= 0.3 is 16.2 Å². The van der Waals surface area contributed by atoms with Gasteiger partial charge in [-0.25, -0.2) is 9.29 Å². The van der Waals surface area contributed by atoms with Crippen LogP contribution < -0.4 is 16.8 Å². The summed E-state index contributed by atoms with van der Waals surface area (Å²) in [6, 6.07) is -0.112. The average molecular weight is 407 g/mol. The molecule has 0 radical (unpaired) electrons. The van der Waals surface area contributed by atoms with Crippen LogP contribution in [0, 0.1) is 0 Å². The largest absolute Gasteiger partial charge is 0.468 e. The van der Waals surface area contributed by atoms with Crippen molar-refractivity contribution in [2.75, 3.05) is 26.5 Å². The Morgan fingerprint density at radius 1 is 1.52 bits per heavy atom. The maximum atomic E-state index is 11.8. The van der Waals surface area contributed by atoms with E-state index in [2.05, 4.69) is 24.7 Å². The zero-order valence-corrected chi connectivity index (χ0v) is 16.0. The molecule has 0 aromatic carbocycles. The Morgan fingerprint density at radius 2 is 2.28 bits per heavy atom. The summed E-state index contributed by atoms with van der Waals surface area (Å²) in [7, 11) is -1.12. The summed E-state index contributed by atoms with van der Waals surface area (Å²) >= 11 is 2.96. The van der Waals surface area contributed by atoms with Gasteiger partial charge < -0.3 is 16.2 Å². The topological polar surface area (TPSA) is 161 Å². The number of thiazole rings is 1. The summed E-state index contributed by atoms with van der Waals surface area (Å²) in [6.07, 6.45) is 0. The smallest absolute Gasteiger partial charge is 0.351 e. The van der Waals surface area contributed by atoms with E-state index in [-0.39, 0.29) is 17.9 Å². The number of rotatable bonds is 6. The lowest BCUT2D eigenvalue weighted by Crippen LogP contribution is -2.49. The number of hydrogen-bond donors (Lipinski definition) is 3. The molecule has 0 amide bonds. The van der Waals surface area contributed by atoms with Crippen LogP contribution in [0.1, 0.15) is 5.69 Å². The maximum absolute atomic E-state index is 11.8. The van der Waals surface area contributed by atoms with Gasteiger partial charge in [-0.05, 0) is 0 Å². The van der Waals surface area contributed by atoms with Gasteiger partial charge in [0.05, 0.1) is 19.3 Å². The molecule has 1 aromatic heterocycles. The fraction of sp³-hybridized carbons (Fsp3) is 0.455. The molecule has 0 unspecified atom stereocenters. The van der Waals surface area contributed by atoms with Crippen molar-refractivity contribution in [1.82, 2.24) is 14.6 Å². The number of guanidine groups is 2. The Hall–Kier alpha value is -2.06. The molecule has 1 aromatic rings. The first kappa shape index (κ1) is 19.3. The molecule has 138 valence electrons. The molecular formula is C11H18N8O3S3. The van der Waals surface area contributed by atoms with E-state index in [9.17, 15) is 8.42 Å². The van der Waals surface area contributed by atoms with Gasteiger partial charge in [0.1, 0.15) is 0 Å². The van der Waals surface area contributed by atoms with Crippen LogP contribution >= 0.6 is 23.1 Å². The molecule has 2 heterocycles. The highest BCUT2D eigenvalue weighted by Gasteiger charge is 2.28. The Kier molecular flexibility index (Phi) is 6.44. The van der Waals surface area contributed by atoms with Gasteiger partial charge in [-0.3, -0.25) is 10.3 Å². The molecule has 0 aliphatic carbocycles. The third-order valence-corrected chi connectivity index (χ3v) is 5.78. The molecule has 1 aliphatic rings. The van der Waals surface area contributed by atoms with Crippen LogP contribution in [0.25, 0.3) is 0 Å². The number of aliphatic imine (C=N–C) groups is 2. The average Bonchev–Trinajstić information content (AvgIpc) is 2.97. The Bertz CT molecular complexity index is 797. The molecule has 14 heteroatoms. The van der Waals surface area contributed by atoms with Gasteiger partial charge in [0, 0.05) is 23.9 Å². The van der Waals surface area contributed by atoms with Crippen molar-refractivity contribution in [3.05, 3.63) is 11.1 Å². The number of nitrogens with one attached hydrogen (secondary N) is 1. The molecule has 11 nitrogen and oxygen atoms in total. The van der Waals surface area contributed by atoms with Crippen molar-refractivity contribution in [3.63, 3.8) is 0 Å². The molecule has 0 spiro atoms. The summed E-state index contributed by atoms with van der Waals surface area (Å²) in [6.45, 7) is 0.411. The molecule has 0 saturated heterocycles. The standard InChI is InChI=1S/C11H18N8O3S3/c1-19-9(17-10(22-2)18-25(19,20)21)14-3-4-23-5-7-6-24-11(15-7)16-8(12)13/h6H,3-5H2,1-2H3,(H,14,17,18)(H4,12,13,15,16). The summed E-state index contributed by atoms with van der Waals surface area (Å²) in [5.74, 6) is 1.49. The zero-order chi connectivity index (χ0) is 18.4. The molecule has 0 fully saturated rings. The molecular weight excluding hydrogens is 388 g/mol. The van der Waals surface area contributed by atoms with Crippen molar-refractivity contribution < 1.29 is 13.2 Å². The predicted octanol–water partition coefficient (Wildman–Crippen LogP) is -0.581. The summed E-state index contributed by atoms with van der Waals surface area (Å²) in [5.41, 5.74) is 11.5. The molecule has 25 heavy (non-hydrogen) atoms. The number of nitrogens with zero attached hydrogens (tertiary/aromatic N) is 5. The SMILES string of the molecule is COC1=NS(=O)(=O)N(C)C(=NCCSCc2csc(N=C(N)N)n2)N1. The van der Waals surface area contributed by atoms with E-state index in [4.69, 9.17) is 16.2 Å². The minimum absolute atomic E-state index is 0.0256. The van der Waals surface area contributed by atoms with Gasteiger partial charge in [0.2, 0.25) is 11.1 Å². The number of aromatic nitrogens is 1. The van der Waals surface area contributed by atoms with Gasteiger partial charge in [-0.1, -0.05) is 4.40 Å². The monoisotopic (exact) mass is 406 g/mol. The highest BCUT2D eigenvalue weighted by atomic mass is 32.2. The fourth-order valence-electron chi connectivity index (χ4n) is 1.62. The van der Waals surface area contributed by atoms with E-state index in [1.165, 1.54) is 25.5 Å². The van der Waals surface area contributed by atoms with Crippen molar-refractivity contribution in [2.45, 2.75) is 5.75 Å². The van der Waals surface area contributed by atoms with Crippen LogP contribution in [-0.2, 0) is 20.7 Å². The zero-order valence-electron chi connectivity index (χ0n) is 13.5. The lowest BCUT2D eigenvalue weighted by Gasteiger charge is -2.24. The van der Waals surface area contributed by atoms with E-state index in [0.29, 0.717) is 23.2 Å². The fourth-order valence-corrected chi connectivity index (χ4v) is 3.92. The molecule has 0 saturated carbocycles. The van der Waals surface area contributed by atoms with Gasteiger partial charge in [-0.15, -0.1) is 11.3 Å². The number of amidine groups is 1. The van der Waals surface area contributed by atoms with Crippen LogP contribution in [-0.4, -0.2) is 62.1 Å². The maximum Gasteiger partial charge on any atom is 0.351 e. The van der Waals surface area contributed by atoms with Gasteiger partial charge in [-0.2, -0.15) is 25.2 Å². The highest BCUT2D eigenvalue weighted by molar-refractivity contribution is 7.98. The number of methoxy groups -OCH3 is 1. The quantitative estimate of drug-likeness (QED) is 0.321. The van der Waals surface area contributed by atoms with Crippen molar-refractivity contribution in [2.24, 2.45) is 25.8 Å². The molecule has 2 rings (SSSR count). The Morgan fingerprint density at radius 3 is 2.96 bits per heavy atom. The molecule has 1 aliphatic heterocycles. The van der Waals surface area contributed by atoms with Crippen LogP contribution in [0.2, 0.25) is 0 Å². The lowest BCUT2D eigenvalue weighted by atomic mass is 10.6. The molecule has 5 N–H and O–H groups in total. The number of ether oxygens (including phenoxy) is 1. The first-order chi connectivity index (χ1) is 11.8. The van der Waals surface area contributed by atoms with E-state index >= 15 is 0 Å². The van der Waals surface area contributed by atoms with E-state index < -0.39 is 10.2 Å². The van der Waals surface area contributed by atoms with E-state index in [1.54, 1.807) is 11.8 Å².